The van der Waals surface area contributed by atoms with Crippen molar-refractivity contribution in [3.8, 4) is 5.88 Å². The fraction of sp³-hybridized carbons (Fsp3) is 0.353. The van der Waals surface area contributed by atoms with Gasteiger partial charge in [0.15, 0.2) is 0 Å². The smallest absolute Gasteiger partial charge is 0.237 e. The van der Waals surface area contributed by atoms with Crippen LogP contribution in [0.5, 0.6) is 5.88 Å². The van der Waals surface area contributed by atoms with Crippen LogP contribution >= 0.6 is 11.6 Å². The summed E-state index contributed by atoms with van der Waals surface area (Å²) in [6.07, 6.45) is 2.79. The zero-order valence-electron chi connectivity index (χ0n) is 12.6. The number of hydrogen-bond acceptors (Lipinski definition) is 3. The molecule has 112 valence electrons. The molecule has 0 saturated heterocycles. The van der Waals surface area contributed by atoms with E-state index < -0.39 is 0 Å². The molecule has 0 saturated carbocycles. The van der Waals surface area contributed by atoms with Crippen LogP contribution in [0.3, 0.4) is 0 Å². The summed E-state index contributed by atoms with van der Waals surface area (Å²) in [7, 11) is 0. The van der Waals surface area contributed by atoms with Gasteiger partial charge in [-0.1, -0.05) is 30.7 Å². The molecule has 1 N–H and O–H groups in total. The van der Waals surface area contributed by atoms with Crippen LogP contribution in [0.4, 0.5) is 5.69 Å². The minimum Gasteiger partial charge on any atom is -0.473 e. The van der Waals surface area contributed by atoms with E-state index in [2.05, 4.69) is 17.2 Å². The minimum absolute atomic E-state index is 0.0936. The lowest BCUT2D eigenvalue weighted by atomic mass is 10.0. The van der Waals surface area contributed by atoms with Crippen molar-refractivity contribution in [1.82, 2.24) is 4.98 Å². The molecule has 1 aromatic heterocycles. The summed E-state index contributed by atoms with van der Waals surface area (Å²) in [6.45, 7) is 6.13. The zero-order chi connectivity index (χ0) is 15.2. The van der Waals surface area contributed by atoms with Gasteiger partial charge >= 0.3 is 0 Å². The van der Waals surface area contributed by atoms with Crippen LogP contribution < -0.4 is 10.1 Å². The van der Waals surface area contributed by atoms with E-state index in [0.29, 0.717) is 5.88 Å². The van der Waals surface area contributed by atoms with E-state index in [1.807, 2.05) is 50.2 Å². The van der Waals surface area contributed by atoms with Crippen molar-refractivity contribution < 1.29 is 4.74 Å². The summed E-state index contributed by atoms with van der Waals surface area (Å²) >= 11 is 5.95. The van der Waals surface area contributed by atoms with Gasteiger partial charge in [0.1, 0.15) is 0 Å². The molecule has 0 fully saturated rings. The molecule has 2 aromatic rings. The van der Waals surface area contributed by atoms with Crippen LogP contribution in [-0.2, 0) is 0 Å². The van der Waals surface area contributed by atoms with Gasteiger partial charge in [-0.25, -0.2) is 4.98 Å². The predicted molar refractivity (Wildman–Crippen MR) is 88.1 cm³/mol. The highest BCUT2D eigenvalue weighted by molar-refractivity contribution is 6.30. The molecule has 1 atom stereocenters. The van der Waals surface area contributed by atoms with Gasteiger partial charge in [0, 0.05) is 11.2 Å². The van der Waals surface area contributed by atoms with Crippen molar-refractivity contribution >= 4 is 17.3 Å². The maximum atomic E-state index is 5.95. The normalized spacial score (nSPS) is 12.2. The van der Waals surface area contributed by atoms with Crippen LogP contribution in [0, 0.1) is 0 Å². The van der Waals surface area contributed by atoms with Gasteiger partial charge in [0.2, 0.25) is 5.88 Å². The third-order valence-corrected chi connectivity index (χ3v) is 3.38. The fourth-order valence-corrected chi connectivity index (χ4v) is 2.25. The molecule has 1 aromatic carbocycles. The van der Waals surface area contributed by atoms with Gasteiger partial charge < -0.3 is 10.1 Å². The molecule has 0 bridgehead atoms. The molecule has 4 heteroatoms. The third kappa shape index (κ3) is 4.36. The standard InChI is InChI=1S/C17H21ClN2O/c1-4-15(13-7-9-14(18)10-8-13)20-16-6-5-11-19-17(16)21-12(2)3/h5-12,15,20H,4H2,1-3H3. The summed E-state index contributed by atoms with van der Waals surface area (Å²) in [4.78, 5) is 4.31. The van der Waals surface area contributed by atoms with Crippen molar-refractivity contribution in [3.63, 3.8) is 0 Å². The summed E-state index contributed by atoms with van der Waals surface area (Å²) in [6, 6.07) is 12.0. The largest absolute Gasteiger partial charge is 0.473 e. The van der Waals surface area contributed by atoms with Crippen LogP contribution in [-0.4, -0.2) is 11.1 Å². The van der Waals surface area contributed by atoms with Gasteiger partial charge in [0.05, 0.1) is 17.8 Å². The Morgan fingerprint density at radius 1 is 1.19 bits per heavy atom. The highest BCUT2D eigenvalue weighted by atomic mass is 35.5. The first-order valence-corrected chi connectivity index (χ1v) is 7.61. The number of pyridine rings is 1. The molecule has 0 spiro atoms. The number of hydrogen-bond donors (Lipinski definition) is 1. The molecule has 3 nitrogen and oxygen atoms in total. The van der Waals surface area contributed by atoms with E-state index in [1.54, 1.807) is 6.20 Å². The van der Waals surface area contributed by atoms with Crippen molar-refractivity contribution in [1.29, 1.82) is 0 Å². The third-order valence-electron chi connectivity index (χ3n) is 3.13. The second kappa shape index (κ2) is 7.32. The first-order chi connectivity index (χ1) is 10.1. The average molecular weight is 305 g/mol. The number of anilines is 1. The summed E-state index contributed by atoms with van der Waals surface area (Å²) in [5.41, 5.74) is 2.11. The van der Waals surface area contributed by atoms with E-state index in [-0.39, 0.29) is 12.1 Å². The van der Waals surface area contributed by atoms with Crippen LogP contribution in [0.1, 0.15) is 38.8 Å². The molecule has 2 rings (SSSR count). The summed E-state index contributed by atoms with van der Waals surface area (Å²) < 4.78 is 5.75. The van der Waals surface area contributed by atoms with Gasteiger partial charge in [-0.2, -0.15) is 0 Å². The molecule has 0 aliphatic heterocycles. The van der Waals surface area contributed by atoms with E-state index in [1.165, 1.54) is 5.56 Å². The predicted octanol–water partition coefficient (Wildman–Crippen LogP) is 5.09. The van der Waals surface area contributed by atoms with Crippen LogP contribution in [0.2, 0.25) is 5.02 Å². The second-order valence-electron chi connectivity index (χ2n) is 5.18. The van der Waals surface area contributed by atoms with E-state index in [9.17, 15) is 0 Å². The fourth-order valence-electron chi connectivity index (χ4n) is 2.12. The van der Waals surface area contributed by atoms with Crippen LogP contribution in [0.15, 0.2) is 42.6 Å². The van der Waals surface area contributed by atoms with Gasteiger partial charge in [-0.05, 0) is 50.1 Å². The minimum atomic E-state index is 0.0936. The Labute approximate surface area is 131 Å². The molecular weight excluding hydrogens is 284 g/mol. The van der Waals surface area contributed by atoms with Gasteiger partial charge in [-0.15, -0.1) is 0 Å². The maximum absolute atomic E-state index is 5.95. The number of nitrogens with one attached hydrogen (secondary N) is 1. The van der Waals surface area contributed by atoms with Crippen LogP contribution in [0.25, 0.3) is 0 Å². The Bertz CT molecular complexity index is 569. The molecule has 0 aliphatic rings. The Morgan fingerprint density at radius 3 is 2.52 bits per heavy atom. The van der Waals surface area contributed by atoms with E-state index >= 15 is 0 Å². The SMILES string of the molecule is CCC(Nc1cccnc1OC(C)C)c1ccc(Cl)cc1. The van der Waals surface area contributed by atoms with Crippen molar-refractivity contribution in [2.45, 2.75) is 39.3 Å². The number of aromatic nitrogens is 1. The van der Waals surface area contributed by atoms with Crippen molar-refractivity contribution in [3.05, 3.63) is 53.2 Å². The second-order valence-corrected chi connectivity index (χ2v) is 5.62. The molecule has 1 unspecified atom stereocenters. The lowest BCUT2D eigenvalue weighted by Gasteiger charge is -2.21. The highest BCUT2D eigenvalue weighted by Gasteiger charge is 2.13. The zero-order valence-corrected chi connectivity index (χ0v) is 13.4. The number of ether oxygens (including phenoxy) is 1. The molecule has 21 heavy (non-hydrogen) atoms. The first kappa shape index (κ1) is 15.6. The topological polar surface area (TPSA) is 34.2 Å². The van der Waals surface area contributed by atoms with Gasteiger partial charge in [0.25, 0.3) is 0 Å². The van der Waals surface area contributed by atoms with Crippen molar-refractivity contribution in [2.75, 3.05) is 5.32 Å². The maximum Gasteiger partial charge on any atom is 0.237 e. The molecular formula is C17H21ClN2O. The number of nitrogens with zero attached hydrogens (tertiary/aromatic N) is 1. The molecule has 1 heterocycles. The Kier molecular flexibility index (Phi) is 5.45. The summed E-state index contributed by atoms with van der Waals surface area (Å²) in [5.74, 6) is 0.639. The first-order valence-electron chi connectivity index (χ1n) is 7.23. The number of rotatable bonds is 6. The summed E-state index contributed by atoms with van der Waals surface area (Å²) in [5, 5.41) is 4.26. The Morgan fingerprint density at radius 2 is 1.90 bits per heavy atom. The molecule has 0 amide bonds. The quantitative estimate of drug-likeness (QED) is 0.807. The number of benzene rings is 1. The average Bonchev–Trinajstić information content (AvgIpc) is 2.47. The highest BCUT2D eigenvalue weighted by Crippen LogP contribution is 2.29. The van der Waals surface area contributed by atoms with E-state index in [0.717, 1.165) is 17.1 Å². The Balaban J connectivity index is 2.20. The lowest BCUT2D eigenvalue weighted by molar-refractivity contribution is 0.234. The Hall–Kier alpha value is -1.74. The molecule has 0 radical (unpaired) electrons. The lowest BCUT2D eigenvalue weighted by Crippen LogP contribution is -2.13. The van der Waals surface area contributed by atoms with Gasteiger partial charge in [-0.3, -0.25) is 0 Å². The monoisotopic (exact) mass is 304 g/mol. The van der Waals surface area contributed by atoms with E-state index in [4.69, 9.17) is 16.3 Å². The number of halogens is 1. The van der Waals surface area contributed by atoms with Crippen molar-refractivity contribution in [2.24, 2.45) is 0 Å². The molecule has 0 aliphatic carbocycles.